The predicted molar refractivity (Wildman–Crippen MR) is 129 cm³/mol. The van der Waals surface area contributed by atoms with Crippen molar-refractivity contribution < 1.29 is 22.7 Å². The number of carbonyl (C=O) groups is 1. The topological polar surface area (TPSA) is 84.9 Å². The number of sulfonamides is 1. The van der Waals surface area contributed by atoms with Gasteiger partial charge >= 0.3 is 0 Å². The number of nitrogens with one attached hydrogen (secondary N) is 1. The summed E-state index contributed by atoms with van der Waals surface area (Å²) in [6, 6.07) is 18.3. The van der Waals surface area contributed by atoms with Gasteiger partial charge in [-0.05, 0) is 55.8 Å². The number of hydrogen-bond donors (Lipinski definition) is 1. The monoisotopic (exact) mass is 468 g/mol. The van der Waals surface area contributed by atoms with Crippen molar-refractivity contribution in [3.8, 4) is 11.5 Å². The van der Waals surface area contributed by atoms with Crippen molar-refractivity contribution in [3.63, 3.8) is 0 Å². The SMILES string of the molecule is COc1ccc([C@@H](C)NC(=O)c2ccccc2N(C)S(=O)(=O)c2ccc(C)cc2)cc1OC. The number of benzene rings is 3. The number of hydrogen-bond acceptors (Lipinski definition) is 5. The van der Waals surface area contributed by atoms with Crippen molar-refractivity contribution in [2.45, 2.75) is 24.8 Å². The highest BCUT2D eigenvalue weighted by atomic mass is 32.2. The summed E-state index contributed by atoms with van der Waals surface area (Å²) < 4.78 is 38.1. The van der Waals surface area contributed by atoms with E-state index in [0.717, 1.165) is 15.4 Å². The molecule has 174 valence electrons. The quantitative estimate of drug-likeness (QED) is 0.532. The van der Waals surface area contributed by atoms with Crippen molar-refractivity contribution in [3.05, 3.63) is 83.4 Å². The number of ether oxygens (including phenoxy) is 2. The molecule has 7 nitrogen and oxygen atoms in total. The zero-order chi connectivity index (χ0) is 24.2. The second kappa shape index (κ2) is 9.95. The van der Waals surface area contributed by atoms with E-state index in [1.165, 1.54) is 7.05 Å². The molecular weight excluding hydrogens is 440 g/mol. The van der Waals surface area contributed by atoms with E-state index in [9.17, 15) is 13.2 Å². The van der Waals surface area contributed by atoms with E-state index < -0.39 is 10.0 Å². The molecular formula is C25H28N2O5S. The van der Waals surface area contributed by atoms with Crippen LogP contribution in [0.1, 0.15) is 34.5 Å². The summed E-state index contributed by atoms with van der Waals surface area (Å²) in [5, 5.41) is 2.94. The Morgan fingerprint density at radius 2 is 1.58 bits per heavy atom. The second-order valence-corrected chi connectivity index (χ2v) is 9.58. The Morgan fingerprint density at radius 3 is 2.21 bits per heavy atom. The smallest absolute Gasteiger partial charge is 0.264 e. The lowest BCUT2D eigenvalue weighted by Gasteiger charge is -2.23. The molecule has 3 aromatic carbocycles. The molecule has 0 saturated carbocycles. The van der Waals surface area contributed by atoms with Gasteiger partial charge in [0.05, 0.1) is 36.4 Å². The van der Waals surface area contributed by atoms with E-state index in [0.29, 0.717) is 11.5 Å². The van der Waals surface area contributed by atoms with Crippen molar-refractivity contribution in [2.75, 3.05) is 25.6 Å². The maximum atomic E-state index is 13.2. The summed E-state index contributed by atoms with van der Waals surface area (Å²) in [4.78, 5) is 13.3. The van der Waals surface area contributed by atoms with E-state index in [2.05, 4.69) is 5.32 Å². The van der Waals surface area contributed by atoms with Crippen LogP contribution in [0.2, 0.25) is 0 Å². The first-order valence-electron chi connectivity index (χ1n) is 10.4. The lowest BCUT2D eigenvalue weighted by molar-refractivity contribution is 0.0940. The van der Waals surface area contributed by atoms with Gasteiger partial charge in [0, 0.05) is 7.05 Å². The lowest BCUT2D eigenvalue weighted by Crippen LogP contribution is -2.31. The van der Waals surface area contributed by atoms with Gasteiger partial charge in [0.1, 0.15) is 0 Å². The lowest BCUT2D eigenvalue weighted by atomic mass is 10.1. The third kappa shape index (κ3) is 5.12. The van der Waals surface area contributed by atoms with Crippen LogP contribution in [-0.4, -0.2) is 35.6 Å². The van der Waals surface area contributed by atoms with Crippen LogP contribution in [0.25, 0.3) is 0 Å². The predicted octanol–water partition coefficient (Wildman–Crippen LogP) is 4.33. The highest BCUT2D eigenvalue weighted by molar-refractivity contribution is 7.92. The Bertz CT molecular complexity index is 1240. The molecule has 0 fully saturated rings. The fourth-order valence-electron chi connectivity index (χ4n) is 3.42. The third-order valence-corrected chi connectivity index (χ3v) is 7.21. The molecule has 0 unspecified atom stereocenters. The molecule has 8 heteroatoms. The van der Waals surface area contributed by atoms with Crippen molar-refractivity contribution in [1.82, 2.24) is 5.32 Å². The fourth-order valence-corrected chi connectivity index (χ4v) is 4.63. The summed E-state index contributed by atoms with van der Waals surface area (Å²) in [6.45, 7) is 3.73. The molecule has 0 saturated heterocycles. The molecule has 3 rings (SSSR count). The summed E-state index contributed by atoms with van der Waals surface area (Å²) in [5.41, 5.74) is 2.32. The Hall–Kier alpha value is -3.52. The standard InChI is InChI=1S/C25H28N2O5S/c1-17-10-13-20(14-11-17)33(29,30)27(3)22-9-7-6-8-21(22)25(28)26-18(2)19-12-15-23(31-4)24(16-19)32-5/h6-16,18H,1-5H3,(H,26,28)/t18-/m1/s1. The molecule has 0 radical (unpaired) electrons. The van der Waals surface area contributed by atoms with Crippen LogP contribution >= 0.6 is 0 Å². The van der Waals surface area contributed by atoms with Crippen LogP contribution < -0.4 is 19.1 Å². The van der Waals surface area contributed by atoms with Crippen LogP contribution in [0.5, 0.6) is 11.5 Å². The van der Waals surface area contributed by atoms with E-state index in [4.69, 9.17) is 9.47 Å². The van der Waals surface area contributed by atoms with Gasteiger partial charge in [0.25, 0.3) is 15.9 Å². The third-order valence-electron chi connectivity index (χ3n) is 5.42. The highest BCUT2D eigenvalue weighted by Crippen LogP contribution is 2.31. The van der Waals surface area contributed by atoms with Gasteiger partial charge < -0.3 is 14.8 Å². The normalized spacial score (nSPS) is 12.0. The van der Waals surface area contributed by atoms with Gasteiger partial charge in [-0.1, -0.05) is 35.9 Å². The van der Waals surface area contributed by atoms with Crippen LogP contribution in [0.15, 0.2) is 71.6 Å². The van der Waals surface area contributed by atoms with Gasteiger partial charge in [0.15, 0.2) is 11.5 Å². The Balaban J connectivity index is 1.88. The number of amides is 1. The number of aryl methyl sites for hydroxylation is 1. The van der Waals surface area contributed by atoms with Crippen LogP contribution in [0.4, 0.5) is 5.69 Å². The molecule has 1 atom stereocenters. The van der Waals surface area contributed by atoms with Crippen LogP contribution in [0, 0.1) is 6.92 Å². The van der Waals surface area contributed by atoms with Gasteiger partial charge in [-0.3, -0.25) is 9.10 Å². The fraction of sp³-hybridized carbons (Fsp3) is 0.240. The molecule has 0 spiro atoms. The summed E-state index contributed by atoms with van der Waals surface area (Å²) in [5.74, 6) is 0.757. The highest BCUT2D eigenvalue weighted by Gasteiger charge is 2.25. The maximum absolute atomic E-state index is 13.2. The molecule has 0 aliphatic heterocycles. The number of para-hydroxylation sites is 1. The van der Waals surface area contributed by atoms with Gasteiger partial charge in [-0.25, -0.2) is 8.42 Å². The van der Waals surface area contributed by atoms with Gasteiger partial charge in [0.2, 0.25) is 0 Å². The first-order chi connectivity index (χ1) is 15.7. The largest absolute Gasteiger partial charge is 0.493 e. The molecule has 0 heterocycles. The summed E-state index contributed by atoms with van der Waals surface area (Å²) in [7, 11) is 0.708. The average Bonchev–Trinajstić information content (AvgIpc) is 2.83. The number of anilines is 1. The zero-order valence-corrected chi connectivity index (χ0v) is 20.1. The molecule has 1 amide bonds. The Kier molecular flexibility index (Phi) is 7.28. The van der Waals surface area contributed by atoms with E-state index in [1.807, 2.05) is 19.9 Å². The number of carbonyl (C=O) groups excluding carboxylic acids is 1. The van der Waals surface area contributed by atoms with Crippen molar-refractivity contribution in [2.24, 2.45) is 0 Å². The van der Waals surface area contributed by atoms with E-state index >= 15 is 0 Å². The molecule has 3 aromatic rings. The zero-order valence-electron chi connectivity index (χ0n) is 19.3. The van der Waals surface area contributed by atoms with Crippen LogP contribution in [-0.2, 0) is 10.0 Å². The van der Waals surface area contributed by atoms with Gasteiger partial charge in [-0.2, -0.15) is 0 Å². The van der Waals surface area contributed by atoms with E-state index in [1.54, 1.807) is 74.9 Å². The van der Waals surface area contributed by atoms with E-state index in [-0.39, 0.29) is 28.1 Å². The minimum Gasteiger partial charge on any atom is -0.493 e. The molecule has 0 aromatic heterocycles. The summed E-state index contributed by atoms with van der Waals surface area (Å²) in [6.07, 6.45) is 0. The van der Waals surface area contributed by atoms with Crippen LogP contribution in [0.3, 0.4) is 0 Å². The average molecular weight is 469 g/mol. The molecule has 33 heavy (non-hydrogen) atoms. The number of rotatable bonds is 8. The Labute approximate surface area is 195 Å². The molecule has 0 bridgehead atoms. The minimum absolute atomic E-state index is 0.157. The molecule has 0 aliphatic rings. The van der Waals surface area contributed by atoms with Gasteiger partial charge in [-0.15, -0.1) is 0 Å². The number of nitrogens with zero attached hydrogens (tertiary/aromatic N) is 1. The molecule has 1 N–H and O–H groups in total. The summed E-state index contributed by atoms with van der Waals surface area (Å²) >= 11 is 0. The Morgan fingerprint density at radius 1 is 0.939 bits per heavy atom. The molecule has 0 aliphatic carbocycles. The second-order valence-electron chi connectivity index (χ2n) is 7.61. The first kappa shape index (κ1) is 24.1. The van der Waals surface area contributed by atoms with Crippen molar-refractivity contribution >= 4 is 21.6 Å². The van der Waals surface area contributed by atoms with Crippen molar-refractivity contribution in [1.29, 1.82) is 0 Å². The number of methoxy groups -OCH3 is 2. The minimum atomic E-state index is -3.84. The maximum Gasteiger partial charge on any atom is 0.264 e. The first-order valence-corrected chi connectivity index (χ1v) is 11.8.